The van der Waals surface area contributed by atoms with Crippen LogP contribution in [-0.4, -0.2) is 9.13 Å². The van der Waals surface area contributed by atoms with E-state index < -0.39 is 0 Å². The summed E-state index contributed by atoms with van der Waals surface area (Å²) in [6, 6.07) is 66.7. The van der Waals surface area contributed by atoms with E-state index in [1.807, 2.05) is 11.3 Å². The minimum atomic E-state index is 1.16. The third kappa shape index (κ3) is 4.16. The van der Waals surface area contributed by atoms with Gasteiger partial charge in [0, 0.05) is 58.7 Å². The molecule has 0 aliphatic heterocycles. The SMILES string of the molecule is c1ccc(-c2ccc3c4ccccc4n(-c4ccc5sc6ccccc6c5c4)c3c2-c2cccc3c2c2ccccc2n3-c2ccccc2)cc1. The molecule has 3 aromatic heterocycles. The molecule has 0 unspecified atom stereocenters. The molecule has 0 aliphatic carbocycles. The summed E-state index contributed by atoms with van der Waals surface area (Å²) in [5.41, 5.74) is 12.1. The molecule has 0 N–H and O–H groups in total. The first-order valence-electron chi connectivity index (χ1n) is 17.4. The summed E-state index contributed by atoms with van der Waals surface area (Å²) >= 11 is 1.87. The minimum absolute atomic E-state index is 1.16. The third-order valence-corrected chi connectivity index (χ3v) is 11.7. The first-order valence-corrected chi connectivity index (χ1v) is 18.3. The molecule has 11 aromatic rings. The normalized spacial score (nSPS) is 11.9. The molecule has 0 atom stereocenters. The van der Waals surface area contributed by atoms with Crippen LogP contribution in [0, 0.1) is 0 Å². The van der Waals surface area contributed by atoms with E-state index in [-0.39, 0.29) is 0 Å². The number of hydrogen-bond donors (Lipinski definition) is 0. The van der Waals surface area contributed by atoms with E-state index in [0.29, 0.717) is 0 Å². The standard InChI is InChI=1S/C48H30N2S/c1-3-14-31(15-4-1)34-27-28-37-35-18-7-10-22-41(35)50(33-26-29-45-40(30-33)36-19-9-12-25-44(36)51-45)48(37)47(34)39-21-13-24-43-46(39)38-20-8-11-23-42(38)49(43)32-16-5-2-6-17-32/h1-30H. The van der Waals surface area contributed by atoms with Gasteiger partial charge in [-0.15, -0.1) is 11.3 Å². The number of para-hydroxylation sites is 3. The minimum Gasteiger partial charge on any atom is -0.309 e. The Morgan fingerprint density at radius 3 is 1.82 bits per heavy atom. The van der Waals surface area contributed by atoms with Crippen LogP contribution in [0.15, 0.2) is 182 Å². The van der Waals surface area contributed by atoms with Gasteiger partial charge in [-0.2, -0.15) is 0 Å². The van der Waals surface area contributed by atoms with Crippen molar-refractivity contribution in [1.29, 1.82) is 0 Å². The van der Waals surface area contributed by atoms with Gasteiger partial charge in [0.15, 0.2) is 0 Å². The molecule has 0 radical (unpaired) electrons. The lowest BCUT2D eigenvalue weighted by Gasteiger charge is -2.17. The lowest BCUT2D eigenvalue weighted by molar-refractivity contribution is 1.18. The highest BCUT2D eigenvalue weighted by atomic mass is 32.1. The van der Waals surface area contributed by atoms with Gasteiger partial charge < -0.3 is 9.13 Å². The monoisotopic (exact) mass is 666 g/mol. The lowest BCUT2D eigenvalue weighted by atomic mass is 9.89. The molecule has 0 amide bonds. The number of aromatic nitrogens is 2. The topological polar surface area (TPSA) is 9.86 Å². The molecule has 11 rings (SSSR count). The van der Waals surface area contributed by atoms with Crippen molar-refractivity contribution in [2.45, 2.75) is 0 Å². The van der Waals surface area contributed by atoms with Gasteiger partial charge in [0.1, 0.15) is 0 Å². The maximum absolute atomic E-state index is 2.52. The molecule has 0 bridgehead atoms. The molecule has 8 aromatic carbocycles. The third-order valence-electron chi connectivity index (χ3n) is 10.5. The number of hydrogen-bond acceptors (Lipinski definition) is 1. The Balaban J connectivity index is 1.33. The molecule has 0 saturated heterocycles. The summed E-state index contributed by atoms with van der Waals surface area (Å²) in [7, 11) is 0. The molecule has 3 heterocycles. The summed E-state index contributed by atoms with van der Waals surface area (Å²) < 4.78 is 7.57. The van der Waals surface area contributed by atoms with Crippen molar-refractivity contribution < 1.29 is 0 Å². The fraction of sp³-hybridized carbons (Fsp3) is 0. The van der Waals surface area contributed by atoms with Gasteiger partial charge in [-0.25, -0.2) is 0 Å². The summed E-state index contributed by atoms with van der Waals surface area (Å²) in [5.74, 6) is 0. The molecule has 0 saturated carbocycles. The average Bonchev–Trinajstić information content (AvgIpc) is 3.86. The van der Waals surface area contributed by atoms with Gasteiger partial charge in [0.05, 0.1) is 22.1 Å². The Hall–Kier alpha value is -6.42. The van der Waals surface area contributed by atoms with Crippen molar-refractivity contribution in [3.05, 3.63) is 182 Å². The largest absolute Gasteiger partial charge is 0.309 e. The Kier molecular flexibility index (Phi) is 6.16. The molecule has 51 heavy (non-hydrogen) atoms. The number of fused-ring (bicyclic) bond motifs is 9. The molecule has 0 aliphatic rings. The van der Waals surface area contributed by atoms with E-state index in [1.165, 1.54) is 91.7 Å². The van der Waals surface area contributed by atoms with E-state index in [2.05, 4.69) is 191 Å². The summed E-state index contributed by atoms with van der Waals surface area (Å²) in [4.78, 5) is 0. The Morgan fingerprint density at radius 2 is 1.00 bits per heavy atom. The van der Waals surface area contributed by atoms with Crippen LogP contribution in [0.25, 0.3) is 97.4 Å². The van der Waals surface area contributed by atoms with Crippen molar-refractivity contribution in [2.75, 3.05) is 0 Å². The summed E-state index contributed by atoms with van der Waals surface area (Å²) in [5, 5.41) is 7.62. The fourth-order valence-electron chi connectivity index (χ4n) is 8.39. The van der Waals surface area contributed by atoms with Crippen molar-refractivity contribution in [1.82, 2.24) is 9.13 Å². The molecular formula is C48H30N2S. The molecule has 0 spiro atoms. The molecule has 2 nitrogen and oxygen atoms in total. The van der Waals surface area contributed by atoms with Gasteiger partial charge >= 0.3 is 0 Å². The van der Waals surface area contributed by atoms with E-state index in [0.717, 1.165) is 5.69 Å². The van der Waals surface area contributed by atoms with Crippen LogP contribution in [0.3, 0.4) is 0 Å². The van der Waals surface area contributed by atoms with Crippen molar-refractivity contribution in [3.63, 3.8) is 0 Å². The van der Waals surface area contributed by atoms with Crippen LogP contribution in [0.1, 0.15) is 0 Å². The Bertz CT molecular complexity index is 3130. The van der Waals surface area contributed by atoms with Gasteiger partial charge in [0.2, 0.25) is 0 Å². The van der Waals surface area contributed by atoms with Crippen LogP contribution < -0.4 is 0 Å². The molecule has 238 valence electrons. The number of benzene rings is 8. The first kappa shape index (κ1) is 28.4. The Morgan fingerprint density at radius 1 is 0.353 bits per heavy atom. The van der Waals surface area contributed by atoms with Crippen molar-refractivity contribution in [2.24, 2.45) is 0 Å². The lowest BCUT2D eigenvalue weighted by Crippen LogP contribution is -1.97. The van der Waals surface area contributed by atoms with Gasteiger partial charge in [-0.3, -0.25) is 0 Å². The second kappa shape index (κ2) is 11.0. The zero-order valence-electron chi connectivity index (χ0n) is 27.6. The van der Waals surface area contributed by atoms with E-state index in [4.69, 9.17) is 0 Å². The summed E-state index contributed by atoms with van der Waals surface area (Å²) in [6.45, 7) is 0. The number of rotatable bonds is 4. The second-order valence-electron chi connectivity index (χ2n) is 13.3. The van der Waals surface area contributed by atoms with E-state index in [1.54, 1.807) is 0 Å². The highest BCUT2D eigenvalue weighted by Crippen LogP contribution is 2.48. The van der Waals surface area contributed by atoms with Gasteiger partial charge in [-0.05, 0) is 71.3 Å². The predicted octanol–water partition coefficient (Wildman–Crippen LogP) is 13.6. The van der Waals surface area contributed by atoms with Gasteiger partial charge in [0.25, 0.3) is 0 Å². The molecule has 3 heteroatoms. The fourth-order valence-corrected chi connectivity index (χ4v) is 9.48. The highest BCUT2D eigenvalue weighted by Gasteiger charge is 2.24. The number of nitrogens with zero attached hydrogens (tertiary/aromatic N) is 2. The smallest absolute Gasteiger partial charge is 0.0625 e. The molecular weight excluding hydrogens is 637 g/mol. The van der Waals surface area contributed by atoms with Crippen LogP contribution in [0.2, 0.25) is 0 Å². The van der Waals surface area contributed by atoms with Crippen LogP contribution >= 0.6 is 11.3 Å². The van der Waals surface area contributed by atoms with Crippen molar-refractivity contribution in [3.8, 4) is 33.6 Å². The van der Waals surface area contributed by atoms with E-state index in [9.17, 15) is 0 Å². The summed E-state index contributed by atoms with van der Waals surface area (Å²) in [6.07, 6.45) is 0. The second-order valence-corrected chi connectivity index (χ2v) is 14.4. The maximum Gasteiger partial charge on any atom is 0.0625 e. The van der Waals surface area contributed by atoms with Crippen molar-refractivity contribution >= 4 is 75.1 Å². The van der Waals surface area contributed by atoms with Crippen LogP contribution in [0.4, 0.5) is 0 Å². The zero-order valence-corrected chi connectivity index (χ0v) is 28.4. The van der Waals surface area contributed by atoms with E-state index >= 15 is 0 Å². The molecule has 0 fully saturated rings. The van der Waals surface area contributed by atoms with Gasteiger partial charge in [-0.1, -0.05) is 127 Å². The highest BCUT2D eigenvalue weighted by molar-refractivity contribution is 7.25. The predicted molar refractivity (Wildman–Crippen MR) is 219 cm³/mol. The number of thiophene rings is 1. The maximum atomic E-state index is 2.52. The van der Waals surface area contributed by atoms with Crippen LogP contribution in [0.5, 0.6) is 0 Å². The average molecular weight is 667 g/mol. The Labute approximate surface area is 298 Å². The zero-order chi connectivity index (χ0) is 33.5. The first-order chi connectivity index (χ1) is 25.3. The quantitative estimate of drug-likeness (QED) is 0.177. The van der Waals surface area contributed by atoms with Crippen LogP contribution in [-0.2, 0) is 0 Å².